The summed E-state index contributed by atoms with van der Waals surface area (Å²) in [6.07, 6.45) is 1.12. The minimum atomic E-state index is -0.876. The number of nitrogens with two attached hydrogens (primary N) is 1. The molecule has 220 valence electrons. The molecular weight excluding hydrogens is 553 g/mol. The number of hydrogen-bond donors (Lipinski definition) is 3. The molecule has 2 aromatic carbocycles. The van der Waals surface area contributed by atoms with Gasteiger partial charge in [-0.05, 0) is 36.2 Å². The number of carbonyl (C=O) groups is 1. The number of imidazole rings is 1. The highest BCUT2D eigenvalue weighted by atomic mass is 19.1. The highest BCUT2D eigenvalue weighted by Crippen LogP contribution is 2.45. The molecule has 6 rings (SSSR count). The molecule has 4 heterocycles. The van der Waals surface area contributed by atoms with Crippen LogP contribution >= 0.6 is 0 Å². The van der Waals surface area contributed by atoms with E-state index in [0.29, 0.717) is 61.9 Å². The third kappa shape index (κ3) is 5.14. The van der Waals surface area contributed by atoms with Gasteiger partial charge in [0.15, 0.2) is 0 Å². The molecule has 0 unspecified atom stereocenters. The van der Waals surface area contributed by atoms with Gasteiger partial charge in [0.05, 0.1) is 48.8 Å². The Morgan fingerprint density at radius 3 is 2.48 bits per heavy atom. The zero-order valence-electron chi connectivity index (χ0n) is 22.7. The molecule has 0 amide bonds. The van der Waals surface area contributed by atoms with Gasteiger partial charge in [0.1, 0.15) is 34.6 Å². The maximum atomic E-state index is 14.6. The Morgan fingerprint density at radius 1 is 1.07 bits per heavy atom. The second-order valence-corrected chi connectivity index (χ2v) is 10.4. The SMILES string of the molecule is COC(=O)c1cc(F)cc2[nH]c(-c3c(N4CCOCC4)ncc(-c4cc(F)cc(F)c4)c3N3CC[C@@H](N)[C@@H](O)C3)nc12. The molecule has 2 aliphatic rings. The monoisotopic (exact) mass is 582 g/mol. The number of esters is 1. The molecule has 2 fully saturated rings. The number of benzene rings is 2. The number of β-amino-alcohol motifs (C(OH)–C–C–N with tert-alkyl or cyclic N) is 1. The number of ether oxygens (including phenoxy) is 2. The Bertz CT molecular complexity index is 1640. The third-order valence-electron chi connectivity index (χ3n) is 7.66. The van der Waals surface area contributed by atoms with Crippen molar-refractivity contribution in [2.24, 2.45) is 5.73 Å². The first-order valence-electron chi connectivity index (χ1n) is 13.5. The fraction of sp³-hybridized carbons (Fsp3) is 0.345. The van der Waals surface area contributed by atoms with E-state index in [2.05, 4.69) is 4.98 Å². The number of halogens is 3. The molecule has 0 saturated carbocycles. The van der Waals surface area contributed by atoms with Crippen LogP contribution in [0.5, 0.6) is 0 Å². The van der Waals surface area contributed by atoms with Crippen molar-refractivity contribution in [3.8, 4) is 22.5 Å². The summed E-state index contributed by atoms with van der Waals surface area (Å²) in [5.41, 5.74) is 8.05. The molecule has 2 saturated heterocycles. The van der Waals surface area contributed by atoms with Gasteiger partial charge in [-0.25, -0.2) is 27.9 Å². The van der Waals surface area contributed by atoms with Crippen LogP contribution < -0.4 is 15.5 Å². The minimum absolute atomic E-state index is 0.0693. The summed E-state index contributed by atoms with van der Waals surface area (Å²) in [5, 5.41) is 10.8. The average Bonchev–Trinajstić information content (AvgIpc) is 3.40. The van der Waals surface area contributed by atoms with Crippen molar-refractivity contribution < 1.29 is 32.5 Å². The molecule has 4 aromatic rings. The molecule has 2 atom stereocenters. The van der Waals surface area contributed by atoms with Crippen LogP contribution in [-0.2, 0) is 9.47 Å². The number of pyridine rings is 1. The molecule has 2 aliphatic heterocycles. The first kappa shape index (κ1) is 27.9. The van der Waals surface area contributed by atoms with E-state index < -0.39 is 35.6 Å². The smallest absolute Gasteiger partial charge is 0.340 e. The van der Waals surface area contributed by atoms with Crippen molar-refractivity contribution in [1.82, 2.24) is 15.0 Å². The van der Waals surface area contributed by atoms with Gasteiger partial charge in [-0.2, -0.15) is 0 Å². The molecule has 0 spiro atoms. The maximum Gasteiger partial charge on any atom is 0.340 e. The average molecular weight is 583 g/mol. The summed E-state index contributed by atoms with van der Waals surface area (Å²) in [5.74, 6) is -2.22. The van der Waals surface area contributed by atoms with Crippen LogP contribution in [0, 0.1) is 17.5 Å². The fourth-order valence-corrected chi connectivity index (χ4v) is 5.59. The highest BCUT2D eigenvalue weighted by molar-refractivity contribution is 6.04. The number of carbonyl (C=O) groups excluding carboxylic acids is 1. The first-order chi connectivity index (χ1) is 20.2. The van der Waals surface area contributed by atoms with Crippen molar-refractivity contribution in [3.63, 3.8) is 0 Å². The number of aromatic amines is 1. The summed E-state index contributed by atoms with van der Waals surface area (Å²) < 4.78 is 53.9. The van der Waals surface area contributed by atoms with E-state index in [0.717, 1.165) is 12.1 Å². The van der Waals surface area contributed by atoms with Gasteiger partial charge >= 0.3 is 5.97 Å². The second-order valence-electron chi connectivity index (χ2n) is 10.4. The summed E-state index contributed by atoms with van der Waals surface area (Å²) in [7, 11) is 1.19. The van der Waals surface area contributed by atoms with Crippen LogP contribution in [0.3, 0.4) is 0 Å². The van der Waals surface area contributed by atoms with Gasteiger partial charge in [0, 0.05) is 50.0 Å². The number of methoxy groups -OCH3 is 1. The van der Waals surface area contributed by atoms with E-state index >= 15 is 0 Å². The van der Waals surface area contributed by atoms with E-state index in [1.54, 1.807) is 6.20 Å². The topological polar surface area (TPSA) is 130 Å². The summed E-state index contributed by atoms with van der Waals surface area (Å²) in [6.45, 7) is 2.45. The molecule has 4 N–H and O–H groups in total. The van der Waals surface area contributed by atoms with Gasteiger partial charge < -0.3 is 35.1 Å². The van der Waals surface area contributed by atoms with Crippen LogP contribution in [0.1, 0.15) is 16.8 Å². The lowest BCUT2D eigenvalue weighted by molar-refractivity contribution is 0.0602. The van der Waals surface area contributed by atoms with E-state index in [-0.39, 0.29) is 34.5 Å². The van der Waals surface area contributed by atoms with E-state index in [1.165, 1.54) is 25.3 Å². The normalized spacial score (nSPS) is 19.4. The predicted molar refractivity (Wildman–Crippen MR) is 150 cm³/mol. The molecule has 13 heteroatoms. The molecule has 10 nitrogen and oxygen atoms in total. The lowest BCUT2D eigenvalue weighted by Crippen LogP contribution is -2.51. The fourth-order valence-electron chi connectivity index (χ4n) is 5.59. The number of hydrogen-bond acceptors (Lipinski definition) is 9. The predicted octanol–water partition coefficient (Wildman–Crippen LogP) is 3.23. The van der Waals surface area contributed by atoms with Crippen molar-refractivity contribution in [1.29, 1.82) is 0 Å². The van der Waals surface area contributed by atoms with E-state index in [1.807, 2.05) is 9.80 Å². The number of anilines is 2. The third-order valence-corrected chi connectivity index (χ3v) is 7.66. The Morgan fingerprint density at radius 2 is 1.79 bits per heavy atom. The number of aromatic nitrogens is 3. The molecular formula is C29H29F3N6O4. The molecule has 2 aromatic heterocycles. The Hall–Kier alpha value is -4.20. The van der Waals surface area contributed by atoms with Crippen LogP contribution in [-0.4, -0.2) is 84.7 Å². The summed E-state index contributed by atoms with van der Waals surface area (Å²) in [4.78, 5) is 29.0. The number of fused-ring (bicyclic) bond motifs is 1. The second kappa shape index (κ2) is 11.2. The zero-order valence-corrected chi connectivity index (χ0v) is 22.7. The lowest BCUT2D eigenvalue weighted by Gasteiger charge is -2.39. The van der Waals surface area contributed by atoms with Gasteiger partial charge in [0.25, 0.3) is 0 Å². The zero-order chi connectivity index (χ0) is 29.5. The van der Waals surface area contributed by atoms with Gasteiger partial charge in [-0.1, -0.05) is 0 Å². The van der Waals surface area contributed by atoms with Gasteiger partial charge in [0.2, 0.25) is 0 Å². The number of nitrogens with one attached hydrogen (secondary N) is 1. The van der Waals surface area contributed by atoms with Crippen LogP contribution in [0.4, 0.5) is 24.7 Å². The van der Waals surface area contributed by atoms with E-state index in [9.17, 15) is 23.1 Å². The summed E-state index contributed by atoms with van der Waals surface area (Å²) in [6, 6.07) is 5.02. The first-order valence-corrected chi connectivity index (χ1v) is 13.5. The van der Waals surface area contributed by atoms with Crippen molar-refractivity contribution >= 4 is 28.5 Å². The maximum absolute atomic E-state index is 14.6. The number of nitrogens with zero attached hydrogens (tertiary/aromatic N) is 4. The Labute approximate surface area is 238 Å². The molecule has 0 aliphatic carbocycles. The highest BCUT2D eigenvalue weighted by Gasteiger charge is 2.33. The van der Waals surface area contributed by atoms with Crippen molar-refractivity contribution in [2.45, 2.75) is 18.6 Å². The largest absolute Gasteiger partial charge is 0.465 e. The lowest BCUT2D eigenvalue weighted by atomic mass is 9.96. The number of aliphatic hydroxyl groups is 1. The number of H-pyrrole nitrogens is 1. The minimum Gasteiger partial charge on any atom is -0.465 e. The Kier molecular flexibility index (Phi) is 7.47. The van der Waals surface area contributed by atoms with Crippen molar-refractivity contribution in [2.75, 3.05) is 56.3 Å². The number of piperidine rings is 1. The number of rotatable bonds is 5. The number of aliphatic hydroxyl groups excluding tert-OH is 1. The van der Waals surface area contributed by atoms with Gasteiger partial charge in [-0.3, -0.25) is 0 Å². The van der Waals surface area contributed by atoms with Crippen LogP contribution in [0.15, 0.2) is 36.5 Å². The van der Waals surface area contributed by atoms with E-state index in [4.69, 9.17) is 25.2 Å². The van der Waals surface area contributed by atoms with Crippen molar-refractivity contribution in [3.05, 3.63) is 59.5 Å². The summed E-state index contributed by atoms with van der Waals surface area (Å²) >= 11 is 0. The number of morpholine rings is 1. The standard InChI is InChI=1S/C29H29F3N6O4/c1-41-29(40)19-11-18(32)12-22-25(19)36-27(35-22)24-26(38-3-2-21(33)23(39)14-38)20(15-8-16(30)10-17(31)9-15)13-34-28(24)37-4-6-42-7-5-37/h8-13,21,23,39H,2-7,14,33H2,1H3,(H,35,36)/t21-,23+/m1/s1. The molecule has 42 heavy (non-hydrogen) atoms. The van der Waals surface area contributed by atoms with Crippen LogP contribution in [0.2, 0.25) is 0 Å². The molecule has 0 radical (unpaired) electrons. The Balaban J connectivity index is 1.66. The van der Waals surface area contributed by atoms with Gasteiger partial charge in [-0.15, -0.1) is 0 Å². The quantitative estimate of drug-likeness (QED) is 0.304. The molecule has 0 bridgehead atoms. The van der Waals surface area contributed by atoms with Crippen LogP contribution in [0.25, 0.3) is 33.5 Å².